The summed E-state index contributed by atoms with van der Waals surface area (Å²) in [5.74, 6) is 0. The number of hydrogen-bond acceptors (Lipinski definition) is 2. The third kappa shape index (κ3) is 25.7. The maximum Gasteiger partial charge on any atom is 0.0281 e. The van der Waals surface area contributed by atoms with Gasteiger partial charge in [0.05, 0.1) is 0 Å². The summed E-state index contributed by atoms with van der Waals surface area (Å²) in [6, 6.07) is 10.0. The van der Waals surface area contributed by atoms with Gasteiger partial charge in [-0.3, -0.25) is 11.3 Å². The van der Waals surface area contributed by atoms with E-state index < -0.39 is 0 Å². The van der Waals surface area contributed by atoms with E-state index in [4.69, 9.17) is 4.79 Å². The minimum atomic E-state index is 0. The SMILES string of the molecule is CC.CC.CN=Cc1ccccc1.C[C-]=O.[Y]. The fraction of sp³-hybridized carbons (Fsp3) is 0.429. The molecular weight excluding hydrogens is 287 g/mol. The fourth-order valence-electron chi connectivity index (χ4n) is 0.688. The first-order valence-electron chi connectivity index (χ1n) is 5.61. The smallest absolute Gasteiger partial charge is 0.0281 e. The maximum absolute atomic E-state index is 8.68. The Hall–Kier alpha value is -0.336. The second kappa shape index (κ2) is 29.6. The molecule has 0 aliphatic rings. The van der Waals surface area contributed by atoms with Crippen molar-refractivity contribution in [2.45, 2.75) is 34.6 Å². The van der Waals surface area contributed by atoms with Gasteiger partial charge in [-0.05, 0) is 5.56 Å². The van der Waals surface area contributed by atoms with Crippen LogP contribution in [0.1, 0.15) is 40.2 Å². The molecule has 1 aromatic carbocycles. The number of hydrogen-bond donors (Lipinski definition) is 0. The second-order valence-electron chi connectivity index (χ2n) is 2.00. The summed E-state index contributed by atoms with van der Waals surface area (Å²) < 4.78 is 0. The zero-order chi connectivity index (χ0) is 13.2. The topological polar surface area (TPSA) is 29.4 Å². The van der Waals surface area contributed by atoms with E-state index in [9.17, 15) is 0 Å². The van der Waals surface area contributed by atoms with E-state index in [1.807, 2.05) is 64.2 Å². The Kier molecular flexibility index (Phi) is 44.4. The minimum absolute atomic E-state index is 0. The molecule has 0 amide bonds. The second-order valence-corrected chi connectivity index (χ2v) is 2.00. The number of rotatable bonds is 1. The molecule has 17 heavy (non-hydrogen) atoms. The van der Waals surface area contributed by atoms with Crippen LogP contribution in [0.15, 0.2) is 35.3 Å². The summed E-state index contributed by atoms with van der Waals surface area (Å²) in [6.45, 7) is 9.32. The molecule has 2 nitrogen and oxygen atoms in total. The van der Waals surface area contributed by atoms with Crippen LogP contribution in [0, 0.1) is 0 Å². The molecule has 0 unspecified atom stereocenters. The molecule has 0 aliphatic heterocycles. The predicted molar refractivity (Wildman–Crippen MR) is 74.0 cm³/mol. The van der Waals surface area contributed by atoms with Crippen molar-refractivity contribution in [1.82, 2.24) is 0 Å². The maximum atomic E-state index is 8.68. The molecule has 0 aliphatic carbocycles. The van der Waals surface area contributed by atoms with Gasteiger partial charge >= 0.3 is 0 Å². The summed E-state index contributed by atoms with van der Waals surface area (Å²) >= 11 is 0. The fourth-order valence-corrected chi connectivity index (χ4v) is 0.688. The van der Waals surface area contributed by atoms with Crippen LogP contribution < -0.4 is 0 Å². The van der Waals surface area contributed by atoms with Crippen LogP contribution in [-0.4, -0.2) is 19.5 Å². The molecule has 0 aromatic heterocycles. The Morgan fingerprint density at radius 3 is 1.71 bits per heavy atom. The average Bonchev–Trinajstić information content (AvgIpc) is 2.37. The molecule has 0 fully saturated rings. The van der Waals surface area contributed by atoms with Crippen molar-refractivity contribution in [3.8, 4) is 0 Å². The molecule has 0 bridgehead atoms. The molecule has 95 valence electrons. The van der Waals surface area contributed by atoms with E-state index in [2.05, 4.69) is 4.99 Å². The first kappa shape index (κ1) is 25.5. The van der Waals surface area contributed by atoms with Crippen LogP contribution in [0.4, 0.5) is 0 Å². The molecule has 0 saturated heterocycles. The molecular formula is C14H24NOY-. The van der Waals surface area contributed by atoms with Crippen molar-refractivity contribution < 1.29 is 37.5 Å². The zero-order valence-electron chi connectivity index (χ0n) is 11.9. The molecule has 0 heterocycles. The number of benzene rings is 1. The van der Waals surface area contributed by atoms with Gasteiger partial charge < -0.3 is 4.79 Å². The number of carbonyl (C=O) groups excluding carboxylic acids is 1. The van der Waals surface area contributed by atoms with Crippen molar-refractivity contribution in [2.75, 3.05) is 7.05 Å². The van der Waals surface area contributed by atoms with E-state index in [1.54, 1.807) is 7.05 Å². The molecule has 1 radical (unpaired) electrons. The molecule has 0 atom stereocenters. The monoisotopic (exact) mass is 311 g/mol. The first-order valence-corrected chi connectivity index (χ1v) is 5.61. The van der Waals surface area contributed by atoms with Gasteiger partial charge in [0.1, 0.15) is 0 Å². The van der Waals surface area contributed by atoms with Gasteiger partial charge in [0.2, 0.25) is 0 Å². The quantitative estimate of drug-likeness (QED) is 0.571. The summed E-state index contributed by atoms with van der Waals surface area (Å²) in [5.41, 5.74) is 1.15. The van der Waals surface area contributed by atoms with Crippen LogP contribution in [0.5, 0.6) is 0 Å². The summed E-state index contributed by atoms with van der Waals surface area (Å²) in [6.07, 6.45) is 3.33. The Labute approximate surface area is 132 Å². The largest absolute Gasteiger partial charge is 0.542 e. The van der Waals surface area contributed by atoms with Crippen LogP contribution in [0.2, 0.25) is 0 Å². The summed E-state index contributed by atoms with van der Waals surface area (Å²) in [7, 11) is 1.77. The zero-order valence-corrected chi connectivity index (χ0v) is 14.7. The van der Waals surface area contributed by atoms with E-state index in [-0.39, 0.29) is 32.7 Å². The first-order chi connectivity index (χ1) is 7.85. The van der Waals surface area contributed by atoms with Gasteiger partial charge in [-0.15, -0.1) is 0 Å². The minimum Gasteiger partial charge on any atom is -0.542 e. The Morgan fingerprint density at radius 1 is 1.06 bits per heavy atom. The van der Waals surface area contributed by atoms with Gasteiger partial charge in [0.25, 0.3) is 0 Å². The van der Waals surface area contributed by atoms with Crippen LogP contribution >= 0.6 is 0 Å². The van der Waals surface area contributed by atoms with Crippen molar-refractivity contribution in [3.05, 3.63) is 35.9 Å². The molecule has 1 aromatic rings. The average molecular weight is 311 g/mol. The number of nitrogens with zero attached hydrogens (tertiary/aromatic N) is 1. The molecule has 3 heteroatoms. The van der Waals surface area contributed by atoms with E-state index in [0.29, 0.717) is 0 Å². The van der Waals surface area contributed by atoms with Crippen LogP contribution in [0.3, 0.4) is 0 Å². The molecule has 1 rings (SSSR count). The Bertz CT molecular complexity index is 235. The van der Waals surface area contributed by atoms with Crippen LogP contribution in [0.25, 0.3) is 0 Å². The standard InChI is InChI=1S/C8H9N.C2H3O.2C2H6.Y/c1-9-7-8-5-3-2-4-6-8;1-2-3;2*1-2;/h2-7H,1H3;1H3;2*1-2H3;/q;-1;;;. The van der Waals surface area contributed by atoms with E-state index >= 15 is 0 Å². The molecule has 0 saturated carbocycles. The third-order valence-corrected chi connectivity index (χ3v) is 1.08. The molecule has 0 spiro atoms. The van der Waals surface area contributed by atoms with Gasteiger partial charge in [0, 0.05) is 46.0 Å². The van der Waals surface area contributed by atoms with E-state index in [1.165, 1.54) is 13.2 Å². The van der Waals surface area contributed by atoms with Gasteiger partial charge in [-0.25, -0.2) is 0 Å². The van der Waals surface area contributed by atoms with Gasteiger partial charge in [0.15, 0.2) is 0 Å². The van der Waals surface area contributed by atoms with Crippen molar-refractivity contribution in [3.63, 3.8) is 0 Å². The summed E-state index contributed by atoms with van der Waals surface area (Å²) in [4.78, 5) is 12.6. The molecule has 0 N–H and O–H groups in total. The summed E-state index contributed by atoms with van der Waals surface area (Å²) in [5, 5.41) is 0. The van der Waals surface area contributed by atoms with Gasteiger partial charge in [-0.1, -0.05) is 58.0 Å². The Balaban J connectivity index is -0.0000000911. The van der Waals surface area contributed by atoms with Gasteiger partial charge in [-0.2, -0.15) is 6.92 Å². The Morgan fingerprint density at radius 2 is 1.41 bits per heavy atom. The predicted octanol–water partition coefficient (Wildman–Crippen LogP) is 3.90. The third-order valence-electron chi connectivity index (χ3n) is 1.08. The number of aliphatic imine (C=N–C) groups is 1. The van der Waals surface area contributed by atoms with Crippen LogP contribution in [-0.2, 0) is 37.5 Å². The van der Waals surface area contributed by atoms with Crippen molar-refractivity contribution in [2.24, 2.45) is 4.99 Å². The van der Waals surface area contributed by atoms with Crippen molar-refractivity contribution in [1.29, 1.82) is 0 Å². The normalized spacial score (nSPS) is 6.94. The van der Waals surface area contributed by atoms with Crippen molar-refractivity contribution >= 4 is 12.5 Å². The van der Waals surface area contributed by atoms with E-state index in [0.717, 1.165) is 5.56 Å².